The SMILES string of the molecule is COc1cc2c(cc1F)NC(=O)C(CCSC)N2. The number of benzene rings is 1. The Morgan fingerprint density at radius 2 is 2.22 bits per heavy atom. The number of thioether (sulfide) groups is 1. The summed E-state index contributed by atoms with van der Waals surface area (Å²) in [7, 11) is 1.41. The van der Waals surface area contributed by atoms with Crippen LogP contribution in [-0.2, 0) is 4.79 Å². The van der Waals surface area contributed by atoms with Crippen molar-refractivity contribution in [2.45, 2.75) is 12.5 Å². The summed E-state index contributed by atoms with van der Waals surface area (Å²) in [5, 5.41) is 5.82. The van der Waals surface area contributed by atoms with Gasteiger partial charge in [-0.3, -0.25) is 4.79 Å². The minimum atomic E-state index is -0.485. The van der Waals surface area contributed by atoms with Crippen LogP contribution in [0.15, 0.2) is 12.1 Å². The summed E-state index contributed by atoms with van der Waals surface area (Å²) in [4.78, 5) is 11.8. The van der Waals surface area contributed by atoms with Gasteiger partial charge in [-0.05, 0) is 18.4 Å². The van der Waals surface area contributed by atoms with Crippen molar-refractivity contribution >= 4 is 29.0 Å². The van der Waals surface area contributed by atoms with Crippen LogP contribution in [0.25, 0.3) is 0 Å². The zero-order chi connectivity index (χ0) is 13.1. The average molecular weight is 270 g/mol. The van der Waals surface area contributed by atoms with Crippen LogP contribution in [0.4, 0.5) is 15.8 Å². The fourth-order valence-corrected chi connectivity index (χ4v) is 2.32. The van der Waals surface area contributed by atoms with E-state index in [1.54, 1.807) is 17.8 Å². The van der Waals surface area contributed by atoms with Crippen molar-refractivity contribution in [1.82, 2.24) is 0 Å². The van der Waals surface area contributed by atoms with Crippen LogP contribution in [-0.4, -0.2) is 31.1 Å². The van der Waals surface area contributed by atoms with Crippen molar-refractivity contribution in [2.75, 3.05) is 29.8 Å². The maximum Gasteiger partial charge on any atom is 0.246 e. The van der Waals surface area contributed by atoms with Gasteiger partial charge in [0, 0.05) is 12.1 Å². The molecular formula is C12H15FN2O2S. The lowest BCUT2D eigenvalue weighted by molar-refractivity contribution is -0.117. The van der Waals surface area contributed by atoms with E-state index in [9.17, 15) is 9.18 Å². The Morgan fingerprint density at radius 3 is 2.89 bits per heavy atom. The molecule has 0 aromatic heterocycles. The average Bonchev–Trinajstić information content (AvgIpc) is 2.36. The third kappa shape index (κ3) is 2.53. The largest absolute Gasteiger partial charge is 0.494 e. The monoisotopic (exact) mass is 270 g/mol. The van der Waals surface area contributed by atoms with Crippen LogP contribution in [0.1, 0.15) is 6.42 Å². The summed E-state index contributed by atoms with van der Waals surface area (Å²) in [5.41, 5.74) is 1.15. The van der Waals surface area contributed by atoms with Crippen molar-refractivity contribution in [3.8, 4) is 5.75 Å². The second-order valence-corrected chi connectivity index (χ2v) is 4.99. The molecule has 0 fully saturated rings. The van der Waals surface area contributed by atoms with Gasteiger partial charge in [0.25, 0.3) is 0 Å². The predicted molar refractivity (Wildman–Crippen MR) is 72.0 cm³/mol. The number of carbonyl (C=O) groups excluding carboxylic acids is 1. The van der Waals surface area contributed by atoms with E-state index in [0.29, 0.717) is 11.4 Å². The molecule has 0 saturated heterocycles. The van der Waals surface area contributed by atoms with Crippen molar-refractivity contribution in [3.05, 3.63) is 17.9 Å². The van der Waals surface area contributed by atoms with Crippen molar-refractivity contribution in [2.24, 2.45) is 0 Å². The van der Waals surface area contributed by atoms with E-state index in [1.165, 1.54) is 13.2 Å². The Kier molecular flexibility index (Phi) is 3.96. The zero-order valence-electron chi connectivity index (χ0n) is 10.2. The molecule has 0 bridgehead atoms. The summed E-state index contributed by atoms with van der Waals surface area (Å²) >= 11 is 1.68. The van der Waals surface area contributed by atoms with E-state index in [0.717, 1.165) is 12.2 Å². The predicted octanol–water partition coefficient (Wildman–Crippen LogP) is 2.32. The molecule has 4 nitrogen and oxygen atoms in total. The van der Waals surface area contributed by atoms with Gasteiger partial charge in [-0.25, -0.2) is 4.39 Å². The van der Waals surface area contributed by atoms with Gasteiger partial charge in [-0.15, -0.1) is 0 Å². The van der Waals surface area contributed by atoms with Crippen LogP contribution in [0.5, 0.6) is 5.75 Å². The maximum atomic E-state index is 13.5. The van der Waals surface area contributed by atoms with Crippen LogP contribution in [0.3, 0.4) is 0 Å². The van der Waals surface area contributed by atoms with Crippen molar-refractivity contribution < 1.29 is 13.9 Å². The Balaban J connectivity index is 2.23. The molecule has 98 valence electrons. The lowest BCUT2D eigenvalue weighted by Gasteiger charge is -2.27. The Morgan fingerprint density at radius 1 is 1.44 bits per heavy atom. The van der Waals surface area contributed by atoms with Crippen LogP contribution in [0, 0.1) is 5.82 Å². The van der Waals surface area contributed by atoms with Gasteiger partial charge in [-0.2, -0.15) is 11.8 Å². The van der Waals surface area contributed by atoms with Gasteiger partial charge < -0.3 is 15.4 Å². The van der Waals surface area contributed by atoms with E-state index in [1.807, 2.05) is 6.26 Å². The highest BCUT2D eigenvalue weighted by molar-refractivity contribution is 7.98. The van der Waals surface area contributed by atoms with Gasteiger partial charge in [-0.1, -0.05) is 0 Å². The van der Waals surface area contributed by atoms with Gasteiger partial charge in [0.2, 0.25) is 5.91 Å². The molecule has 2 rings (SSSR count). The van der Waals surface area contributed by atoms with Gasteiger partial charge in [0.05, 0.1) is 18.5 Å². The number of hydrogen-bond acceptors (Lipinski definition) is 4. The van der Waals surface area contributed by atoms with Crippen molar-refractivity contribution in [1.29, 1.82) is 0 Å². The first-order valence-electron chi connectivity index (χ1n) is 5.59. The molecule has 18 heavy (non-hydrogen) atoms. The van der Waals surface area contributed by atoms with Gasteiger partial charge >= 0.3 is 0 Å². The third-order valence-electron chi connectivity index (χ3n) is 2.81. The molecule has 1 amide bonds. The highest BCUT2D eigenvalue weighted by atomic mass is 32.2. The number of carbonyl (C=O) groups is 1. The first kappa shape index (κ1) is 13.0. The number of fused-ring (bicyclic) bond motifs is 1. The molecule has 1 atom stereocenters. The molecule has 2 N–H and O–H groups in total. The third-order valence-corrected chi connectivity index (χ3v) is 3.45. The van der Waals surface area contributed by atoms with Crippen molar-refractivity contribution in [3.63, 3.8) is 0 Å². The zero-order valence-corrected chi connectivity index (χ0v) is 11.1. The molecule has 1 aliphatic rings. The number of ether oxygens (including phenoxy) is 1. The minimum absolute atomic E-state index is 0.124. The fraction of sp³-hybridized carbons (Fsp3) is 0.417. The number of rotatable bonds is 4. The second-order valence-electron chi connectivity index (χ2n) is 4.00. The second kappa shape index (κ2) is 5.48. The summed E-state index contributed by atoms with van der Waals surface area (Å²) in [6, 6.07) is 2.56. The lowest BCUT2D eigenvalue weighted by atomic mass is 10.1. The summed E-state index contributed by atoms with van der Waals surface area (Å²) < 4.78 is 18.4. The van der Waals surface area contributed by atoms with Crippen LogP contribution < -0.4 is 15.4 Å². The molecule has 1 unspecified atom stereocenters. The molecule has 1 aliphatic heterocycles. The standard InChI is InChI=1S/C12H15FN2O2S/c1-17-11-6-10-9(5-7(11)13)15-12(16)8(14-10)3-4-18-2/h5-6,8,14H,3-4H2,1-2H3,(H,15,16). The fourth-order valence-electron chi connectivity index (χ4n) is 1.84. The number of amides is 1. The molecule has 0 aliphatic carbocycles. The Hall–Kier alpha value is -1.43. The normalized spacial score (nSPS) is 17.7. The molecule has 1 heterocycles. The van der Waals surface area contributed by atoms with Gasteiger partial charge in [0.1, 0.15) is 6.04 Å². The highest BCUT2D eigenvalue weighted by Crippen LogP contribution is 2.33. The molecule has 0 saturated carbocycles. The molecular weight excluding hydrogens is 255 g/mol. The molecule has 1 aromatic carbocycles. The molecule has 6 heteroatoms. The quantitative estimate of drug-likeness (QED) is 0.881. The summed E-state index contributed by atoms with van der Waals surface area (Å²) in [5.74, 6) is 0.446. The smallest absolute Gasteiger partial charge is 0.246 e. The van der Waals surface area contributed by atoms with E-state index >= 15 is 0 Å². The van der Waals surface area contributed by atoms with E-state index < -0.39 is 5.82 Å². The van der Waals surface area contributed by atoms with Crippen LogP contribution in [0.2, 0.25) is 0 Å². The van der Waals surface area contributed by atoms with E-state index in [4.69, 9.17) is 4.74 Å². The summed E-state index contributed by atoms with van der Waals surface area (Å²) in [6.07, 6.45) is 2.72. The lowest BCUT2D eigenvalue weighted by Crippen LogP contribution is -2.39. The van der Waals surface area contributed by atoms with Crippen LogP contribution >= 0.6 is 11.8 Å². The Labute approximate surface area is 109 Å². The minimum Gasteiger partial charge on any atom is -0.494 e. The highest BCUT2D eigenvalue weighted by Gasteiger charge is 2.26. The number of anilines is 2. The van der Waals surface area contributed by atoms with Gasteiger partial charge in [0.15, 0.2) is 11.6 Å². The topological polar surface area (TPSA) is 50.4 Å². The number of hydrogen-bond donors (Lipinski definition) is 2. The first-order chi connectivity index (χ1) is 8.65. The Bertz CT molecular complexity index is 468. The number of halogens is 1. The molecule has 0 radical (unpaired) electrons. The van der Waals surface area contributed by atoms with E-state index in [2.05, 4.69) is 10.6 Å². The number of nitrogens with one attached hydrogen (secondary N) is 2. The molecule has 1 aromatic rings. The molecule has 0 spiro atoms. The van der Waals surface area contributed by atoms with E-state index in [-0.39, 0.29) is 17.7 Å². The summed E-state index contributed by atoms with van der Waals surface area (Å²) in [6.45, 7) is 0. The maximum absolute atomic E-state index is 13.5. The first-order valence-corrected chi connectivity index (χ1v) is 6.99. The number of methoxy groups -OCH3 is 1.